The molecule has 5 heteroatoms. The van der Waals surface area contributed by atoms with Crippen LogP contribution in [0.3, 0.4) is 0 Å². The quantitative estimate of drug-likeness (QED) is 0.612. The lowest BCUT2D eigenvalue weighted by Crippen LogP contribution is -2.27. The van der Waals surface area contributed by atoms with Crippen LogP contribution in [-0.4, -0.2) is 28.5 Å². The molecule has 1 N–H and O–H groups in total. The van der Waals surface area contributed by atoms with Gasteiger partial charge in [-0.05, 0) is 25.8 Å². The van der Waals surface area contributed by atoms with Crippen LogP contribution in [0.4, 0.5) is 0 Å². The van der Waals surface area contributed by atoms with Gasteiger partial charge in [-0.3, -0.25) is 0 Å². The molecule has 1 aromatic rings. The average molecular weight is 241 g/mol. The highest BCUT2D eigenvalue weighted by molar-refractivity contribution is 7.99. The third-order valence-electron chi connectivity index (χ3n) is 2.84. The van der Waals surface area contributed by atoms with E-state index in [0.717, 1.165) is 24.8 Å². The van der Waals surface area contributed by atoms with Crippen LogP contribution in [0.25, 0.3) is 0 Å². The monoisotopic (exact) mass is 241 g/mol. The second kappa shape index (κ2) is 6.25. The summed E-state index contributed by atoms with van der Waals surface area (Å²) in [6.07, 6.45) is 6.66. The number of aromatic nitrogens is 2. The normalized spacial score (nSPS) is 17.1. The standard InChI is InChI=1S/C11H19N3OS/c1-9-13-14-11(15-9)16-8-4-7-12-10-5-2-3-6-10/h10,12H,2-8H2,1H3. The van der Waals surface area contributed by atoms with Crippen LogP contribution in [0, 0.1) is 6.92 Å². The number of aryl methyl sites for hydroxylation is 1. The summed E-state index contributed by atoms with van der Waals surface area (Å²) >= 11 is 1.64. The molecule has 1 aromatic heterocycles. The first-order valence-electron chi connectivity index (χ1n) is 6.01. The fourth-order valence-corrected chi connectivity index (χ4v) is 2.75. The molecule has 2 rings (SSSR count). The molecular weight excluding hydrogens is 222 g/mol. The van der Waals surface area contributed by atoms with Gasteiger partial charge in [-0.15, -0.1) is 10.2 Å². The van der Waals surface area contributed by atoms with Crippen molar-refractivity contribution in [1.82, 2.24) is 15.5 Å². The zero-order valence-electron chi connectivity index (χ0n) is 9.74. The van der Waals surface area contributed by atoms with E-state index in [0.29, 0.717) is 11.1 Å². The molecule has 0 amide bonds. The highest BCUT2D eigenvalue weighted by atomic mass is 32.2. The third kappa shape index (κ3) is 3.79. The van der Waals surface area contributed by atoms with E-state index in [4.69, 9.17) is 4.42 Å². The van der Waals surface area contributed by atoms with Crippen LogP contribution in [0.5, 0.6) is 0 Å². The van der Waals surface area contributed by atoms with Gasteiger partial charge in [-0.2, -0.15) is 0 Å². The average Bonchev–Trinajstić information content (AvgIpc) is 2.89. The molecule has 0 atom stereocenters. The molecule has 0 bridgehead atoms. The molecule has 0 unspecified atom stereocenters. The first kappa shape index (κ1) is 11.9. The summed E-state index contributed by atoms with van der Waals surface area (Å²) in [7, 11) is 0. The molecular formula is C11H19N3OS. The van der Waals surface area contributed by atoms with Gasteiger partial charge in [0.15, 0.2) is 0 Å². The molecule has 1 aliphatic rings. The topological polar surface area (TPSA) is 51.0 Å². The van der Waals surface area contributed by atoms with E-state index in [9.17, 15) is 0 Å². The molecule has 1 aliphatic carbocycles. The van der Waals surface area contributed by atoms with Gasteiger partial charge < -0.3 is 9.73 Å². The molecule has 1 heterocycles. The van der Waals surface area contributed by atoms with Gasteiger partial charge >= 0.3 is 0 Å². The molecule has 0 saturated heterocycles. The summed E-state index contributed by atoms with van der Waals surface area (Å²) in [6, 6.07) is 0.774. The van der Waals surface area contributed by atoms with Crippen LogP contribution >= 0.6 is 11.8 Å². The van der Waals surface area contributed by atoms with E-state index in [1.54, 1.807) is 11.8 Å². The van der Waals surface area contributed by atoms with E-state index < -0.39 is 0 Å². The zero-order valence-corrected chi connectivity index (χ0v) is 10.6. The van der Waals surface area contributed by atoms with Crippen molar-refractivity contribution in [3.63, 3.8) is 0 Å². The Kier molecular flexibility index (Phi) is 4.66. The lowest BCUT2D eigenvalue weighted by atomic mass is 10.2. The van der Waals surface area contributed by atoms with Gasteiger partial charge in [0.25, 0.3) is 5.22 Å². The fourth-order valence-electron chi connectivity index (χ4n) is 2.00. The molecule has 0 aliphatic heterocycles. The maximum absolute atomic E-state index is 5.28. The van der Waals surface area contributed by atoms with Crippen LogP contribution < -0.4 is 5.32 Å². The number of thioether (sulfide) groups is 1. The second-order valence-corrected chi connectivity index (χ2v) is 5.27. The third-order valence-corrected chi connectivity index (χ3v) is 3.75. The van der Waals surface area contributed by atoms with Crippen molar-refractivity contribution >= 4 is 11.8 Å². The van der Waals surface area contributed by atoms with Gasteiger partial charge in [-0.25, -0.2) is 0 Å². The van der Waals surface area contributed by atoms with Crippen LogP contribution in [-0.2, 0) is 0 Å². The van der Waals surface area contributed by atoms with Gasteiger partial charge in [-0.1, -0.05) is 24.6 Å². The van der Waals surface area contributed by atoms with Crippen LogP contribution in [0.2, 0.25) is 0 Å². The van der Waals surface area contributed by atoms with Crippen molar-refractivity contribution in [2.24, 2.45) is 0 Å². The van der Waals surface area contributed by atoms with Gasteiger partial charge in [0.2, 0.25) is 5.89 Å². The van der Waals surface area contributed by atoms with Gasteiger partial charge in [0.05, 0.1) is 0 Å². The molecule has 0 spiro atoms. The molecule has 1 fully saturated rings. The zero-order chi connectivity index (χ0) is 11.2. The molecule has 0 aromatic carbocycles. The Bertz CT molecular complexity index is 310. The predicted octanol–water partition coefficient (Wildman–Crippen LogP) is 2.39. The Labute approximate surface area is 101 Å². The minimum Gasteiger partial charge on any atom is -0.416 e. The van der Waals surface area contributed by atoms with Crippen LogP contribution in [0.1, 0.15) is 38.0 Å². The summed E-state index contributed by atoms with van der Waals surface area (Å²) in [5.41, 5.74) is 0. The van der Waals surface area contributed by atoms with E-state index in [1.165, 1.54) is 25.7 Å². The number of rotatable bonds is 6. The van der Waals surface area contributed by atoms with Crippen molar-refractivity contribution in [2.75, 3.05) is 12.3 Å². The smallest absolute Gasteiger partial charge is 0.276 e. The van der Waals surface area contributed by atoms with Gasteiger partial charge in [0, 0.05) is 18.7 Å². The number of hydrogen-bond donors (Lipinski definition) is 1. The largest absolute Gasteiger partial charge is 0.416 e. The van der Waals surface area contributed by atoms with E-state index in [-0.39, 0.29) is 0 Å². The van der Waals surface area contributed by atoms with Crippen molar-refractivity contribution in [1.29, 1.82) is 0 Å². The Morgan fingerprint density at radius 1 is 1.38 bits per heavy atom. The van der Waals surface area contributed by atoms with E-state index in [2.05, 4.69) is 15.5 Å². The number of hydrogen-bond acceptors (Lipinski definition) is 5. The van der Waals surface area contributed by atoms with Crippen LogP contribution in [0.15, 0.2) is 9.64 Å². The Hall–Kier alpha value is -0.550. The van der Waals surface area contributed by atoms with Crippen molar-refractivity contribution in [3.8, 4) is 0 Å². The Balaban J connectivity index is 1.51. The SMILES string of the molecule is Cc1nnc(SCCCNC2CCCC2)o1. The maximum atomic E-state index is 5.28. The lowest BCUT2D eigenvalue weighted by molar-refractivity contribution is 0.429. The minimum atomic E-state index is 0.645. The number of nitrogens with zero attached hydrogens (tertiary/aromatic N) is 2. The summed E-state index contributed by atoms with van der Waals surface area (Å²) in [5.74, 6) is 1.69. The van der Waals surface area contributed by atoms with Crippen molar-refractivity contribution < 1.29 is 4.42 Å². The fraction of sp³-hybridized carbons (Fsp3) is 0.818. The lowest BCUT2D eigenvalue weighted by Gasteiger charge is -2.10. The summed E-state index contributed by atoms with van der Waals surface area (Å²) in [6.45, 7) is 2.92. The van der Waals surface area contributed by atoms with E-state index in [1.807, 2.05) is 6.92 Å². The van der Waals surface area contributed by atoms with Crippen molar-refractivity contribution in [3.05, 3.63) is 5.89 Å². The number of nitrogens with one attached hydrogen (secondary N) is 1. The first-order valence-corrected chi connectivity index (χ1v) is 6.99. The Morgan fingerprint density at radius 2 is 2.19 bits per heavy atom. The maximum Gasteiger partial charge on any atom is 0.276 e. The van der Waals surface area contributed by atoms with Gasteiger partial charge in [0.1, 0.15) is 0 Å². The van der Waals surface area contributed by atoms with E-state index >= 15 is 0 Å². The molecule has 90 valence electrons. The molecule has 4 nitrogen and oxygen atoms in total. The summed E-state index contributed by atoms with van der Waals surface area (Å²) in [5, 5.41) is 12.0. The summed E-state index contributed by atoms with van der Waals surface area (Å²) < 4.78 is 5.28. The molecule has 16 heavy (non-hydrogen) atoms. The Morgan fingerprint density at radius 3 is 2.88 bits per heavy atom. The minimum absolute atomic E-state index is 0.645. The predicted molar refractivity (Wildman–Crippen MR) is 64.6 cm³/mol. The first-order chi connectivity index (χ1) is 7.84. The highest BCUT2D eigenvalue weighted by Gasteiger charge is 2.13. The molecule has 1 saturated carbocycles. The van der Waals surface area contributed by atoms with Crippen molar-refractivity contribution in [2.45, 2.75) is 50.3 Å². The second-order valence-electron chi connectivity index (χ2n) is 4.22. The summed E-state index contributed by atoms with van der Waals surface area (Å²) in [4.78, 5) is 0. The molecule has 0 radical (unpaired) electrons. The highest BCUT2D eigenvalue weighted by Crippen LogP contribution is 2.18.